The average Bonchev–Trinajstić information content (AvgIpc) is 3.29. The molecule has 4 aliphatic rings. The third-order valence-electron chi connectivity index (χ3n) is 12.0. The summed E-state index contributed by atoms with van der Waals surface area (Å²) in [5, 5.41) is 99.5. The van der Waals surface area contributed by atoms with E-state index in [1.165, 1.54) is 37.5 Å². The fourth-order valence-electron chi connectivity index (χ4n) is 8.54. The summed E-state index contributed by atoms with van der Waals surface area (Å²) < 4.78 is 72.7. The van der Waals surface area contributed by atoms with Crippen LogP contribution >= 0.6 is 0 Å². The van der Waals surface area contributed by atoms with E-state index in [1.807, 2.05) is 0 Å². The number of carbonyl (C=O) groups is 6. The van der Waals surface area contributed by atoms with Gasteiger partial charge >= 0.3 is 24.1 Å². The number of hydrogen-bond donors (Lipinski definition) is 11. The van der Waals surface area contributed by atoms with Gasteiger partial charge in [0.2, 0.25) is 12.1 Å². The molecule has 0 radical (unpaired) electrons. The van der Waals surface area contributed by atoms with Crippen molar-refractivity contribution in [1.82, 2.24) is 5.32 Å². The van der Waals surface area contributed by atoms with Crippen LogP contribution in [-0.2, 0) is 46.4 Å². The number of carboxylic acids is 1. The molecule has 2 fully saturated rings. The van der Waals surface area contributed by atoms with Crippen LogP contribution in [-0.4, -0.2) is 162 Å². The number of rotatable bonds is 12. The Labute approximate surface area is 385 Å². The highest BCUT2D eigenvalue weighted by Gasteiger charge is 2.51. The summed E-state index contributed by atoms with van der Waals surface area (Å²) in [7, 11) is 1.24. The van der Waals surface area contributed by atoms with Crippen molar-refractivity contribution in [2.75, 3.05) is 19.0 Å². The minimum absolute atomic E-state index is 0.0265. The standard InChI is InChI=1S/C43H43F3N2O21/c1-14-29(51)19(48-41(62)65-13-15-6-7-20(18(8-15)47-40(61)43(44,45)46)68-39-36(58)34(56)35(57)37(69-39)38(59)60)9-24(66-14)67-22-11-42(63,23(50)12-49)10-17-26(22)33(55)28-27(31(17)53)30(52)16-4-3-5-21(64-2)25(16)32(28)54/h3-8,14,19,22,24,29,34-37,39,49,51,53,55-58,63H,9-13H2,1-2H3,(H,47,61)(H,48,62)(H,59,60)/t14-,19-,22-,24-,29+,34-,35-,36+,37-,39+,42-/m0/s1. The Hall–Kier alpha value is -6.49. The number of aliphatic hydroxyl groups is 6. The van der Waals surface area contributed by atoms with E-state index < -0.39 is 175 Å². The number of alkyl carbamates (subject to hydrolysis) is 1. The van der Waals surface area contributed by atoms with Gasteiger partial charge in [-0.05, 0) is 30.7 Å². The van der Waals surface area contributed by atoms with Crippen LogP contribution in [0.15, 0.2) is 36.4 Å². The molecule has 2 amide bonds. The Morgan fingerprint density at radius 2 is 1.59 bits per heavy atom. The maximum absolute atomic E-state index is 14.0. The Morgan fingerprint density at radius 3 is 2.25 bits per heavy atom. The highest BCUT2D eigenvalue weighted by molar-refractivity contribution is 6.31. The summed E-state index contributed by atoms with van der Waals surface area (Å²) in [5.74, 6) is -9.71. The summed E-state index contributed by atoms with van der Waals surface area (Å²) in [6.45, 7) is -0.575. The first-order valence-electron chi connectivity index (χ1n) is 20.7. The number of nitrogens with one attached hydrogen (secondary N) is 2. The van der Waals surface area contributed by atoms with Crippen LogP contribution in [0.4, 0.5) is 23.7 Å². The van der Waals surface area contributed by atoms with Crippen molar-refractivity contribution in [3.05, 3.63) is 75.3 Å². The molecule has 0 aromatic heterocycles. The van der Waals surface area contributed by atoms with Crippen LogP contribution < -0.4 is 20.1 Å². The summed E-state index contributed by atoms with van der Waals surface area (Å²) in [4.78, 5) is 77.4. The van der Waals surface area contributed by atoms with Crippen molar-refractivity contribution in [2.45, 2.75) is 106 Å². The number of ether oxygens (including phenoxy) is 6. The largest absolute Gasteiger partial charge is 0.507 e. The van der Waals surface area contributed by atoms with Gasteiger partial charge in [0.1, 0.15) is 66.2 Å². The van der Waals surface area contributed by atoms with Gasteiger partial charge in [0.15, 0.2) is 24.0 Å². The van der Waals surface area contributed by atoms with Crippen molar-refractivity contribution < 1.29 is 116 Å². The smallest absolute Gasteiger partial charge is 0.471 e. The van der Waals surface area contributed by atoms with Crippen LogP contribution in [0.25, 0.3) is 0 Å². The SMILES string of the molecule is COc1cccc2c1C(=O)c1c(O)c3c(c(O)c1C2=O)C[C@@](O)(C(=O)CO)C[C@@H]3O[C@H]1C[C@H](NC(=O)OCc2ccc(O[C@@H]3O[C@H](C(=O)O)[C@@H](O)[C@H](O)[C@H]3O)c(NC(=O)C(F)(F)F)c2)[C@H](O)[C@H](C)O1. The lowest BCUT2D eigenvalue weighted by molar-refractivity contribution is -0.271. The Morgan fingerprint density at radius 1 is 0.899 bits per heavy atom. The van der Waals surface area contributed by atoms with Gasteiger partial charge in [-0.15, -0.1) is 0 Å². The third-order valence-corrected chi connectivity index (χ3v) is 12.0. The van der Waals surface area contributed by atoms with Gasteiger partial charge in [-0.2, -0.15) is 13.2 Å². The first-order valence-corrected chi connectivity index (χ1v) is 20.7. The highest BCUT2D eigenvalue weighted by Crippen LogP contribution is 2.52. The molecule has 372 valence electrons. The van der Waals surface area contributed by atoms with Crippen molar-refractivity contribution in [1.29, 1.82) is 0 Å². The van der Waals surface area contributed by atoms with Gasteiger partial charge in [0, 0.05) is 36.0 Å². The second-order valence-electron chi connectivity index (χ2n) is 16.5. The number of aliphatic hydroxyl groups excluding tert-OH is 5. The number of aliphatic carboxylic acids is 1. The number of methoxy groups -OCH3 is 1. The van der Waals surface area contributed by atoms with Gasteiger partial charge in [0.05, 0.1) is 47.7 Å². The van der Waals surface area contributed by atoms with Crippen molar-refractivity contribution in [3.8, 4) is 23.0 Å². The predicted octanol–water partition coefficient (Wildman–Crippen LogP) is -0.259. The molecule has 0 spiro atoms. The number of benzene rings is 3. The number of hydrogen-bond acceptors (Lipinski definition) is 20. The monoisotopic (exact) mass is 980 g/mol. The van der Waals surface area contributed by atoms with Gasteiger partial charge in [0.25, 0.3) is 0 Å². The molecule has 23 nitrogen and oxygen atoms in total. The van der Waals surface area contributed by atoms with E-state index in [1.54, 1.807) is 0 Å². The summed E-state index contributed by atoms with van der Waals surface area (Å²) in [5.41, 5.74) is -5.77. The molecule has 3 aromatic carbocycles. The summed E-state index contributed by atoms with van der Waals surface area (Å²) in [6.07, 6.45) is -25.2. The zero-order chi connectivity index (χ0) is 50.6. The molecule has 69 heavy (non-hydrogen) atoms. The second kappa shape index (κ2) is 19.1. The number of halogens is 3. The molecule has 7 rings (SSSR count). The Kier molecular flexibility index (Phi) is 14.0. The molecule has 2 aliphatic heterocycles. The fraction of sp³-hybridized carbons (Fsp3) is 0.442. The van der Waals surface area contributed by atoms with E-state index in [4.69, 9.17) is 28.4 Å². The Balaban J connectivity index is 1.10. The van der Waals surface area contributed by atoms with Gasteiger partial charge in [-0.3, -0.25) is 19.2 Å². The number of phenols is 2. The molecule has 0 bridgehead atoms. The quantitative estimate of drug-likeness (QED) is 0.0815. The van der Waals surface area contributed by atoms with E-state index in [9.17, 15) is 87.9 Å². The predicted molar refractivity (Wildman–Crippen MR) is 217 cm³/mol. The summed E-state index contributed by atoms with van der Waals surface area (Å²) >= 11 is 0. The van der Waals surface area contributed by atoms with Crippen molar-refractivity contribution in [3.63, 3.8) is 0 Å². The average molecular weight is 981 g/mol. The number of ketones is 3. The van der Waals surface area contributed by atoms with E-state index in [2.05, 4.69) is 5.32 Å². The van der Waals surface area contributed by atoms with E-state index in [0.717, 1.165) is 18.2 Å². The van der Waals surface area contributed by atoms with E-state index in [-0.39, 0.29) is 33.6 Å². The molecule has 2 saturated heterocycles. The maximum Gasteiger partial charge on any atom is 0.471 e. The number of amides is 2. The number of carbonyl (C=O) groups excluding carboxylic acids is 5. The van der Waals surface area contributed by atoms with Gasteiger partial charge in [-0.25, -0.2) is 9.59 Å². The first kappa shape index (κ1) is 50.4. The van der Waals surface area contributed by atoms with E-state index in [0.29, 0.717) is 0 Å². The molecule has 0 unspecified atom stereocenters. The number of anilines is 1. The van der Waals surface area contributed by atoms with Crippen LogP contribution in [0, 0.1) is 0 Å². The zero-order valence-corrected chi connectivity index (χ0v) is 35.8. The van der Waals surface area contributed by atoms with Gasteiger partial charge < -0.3 is 85.0 Å². The van der Waals surface area contributed by atoms with Crippen LogP contribution in [0.1, 0.15) is 74.4 Å². The van der Waals surface area contributed by atoms with Crippen molar-refractivity contribution in [2.24, 2.45) is 0 Å². The molecule has 0 saturated carbocycles. The number of alkyl halides is 3. The highest BCUT2D eigenvalue weighted by atomic mass is 19.4. The van der Waals surface area contributed by atoms with Crippen molar-refractivity contribution >= 4 is 41.0 Å². The normalized spacial score (nSPS) is 28.6. The number of phenolic OH excluding ortho intramolecular Hbond substituents is 2. The number of Topliss-reactive ketones (excluding diaryl/α,β-unsaturated/α-hetero) is 1. The molecular formula is C43H43F3N2O21. The Bertz CT molecular complexity index is 2590. The first-order chi connectivity index (χ1) is 32.4. The molecule has 11 N–H and O–H groups in total. The van der Waals surface area contributed by atoms with Crippen LogP contribution in [0.2, 0.25) is 0 Å². The topological polar surface area (TPSA) is 364 Å². The molecule has 2 heterocycles. The second-order valence-corrected chi connectivity index (χ2v) is 16.5. The van der Waals surface area contributed by atoms with Crippen LogP contribution in [0.5, 0.6) is 23.0 Å². The molecule has 11 atom stereocenters. The lowest BCUT2D eigenvalue weighted by Gasteiger charge is -2.42. The minimum atomic E-state index is -5.45. The molecule has 3 aromatic rings. The summed E-state index contributed by atoms with van der Waals surface area (Å²) in [6, 6.07) is 5.65. The molecule has 26 heteroatoms. The van der Waals surface area contributed by atoms with Gasteiger partial charge in [-0.1, -0.05) is 18.2 Å². The lowest BCUT2D eigenvalue weighted by Crippen LogP contribution is -2.61. The zero-order valence-electron chi connectivity index (χ0n) is 35.8. The fourth-order valence-corrected chi connectivity index (χ4v) is 8.54. The lowest BCUT2D eigenvalue weighted by atomic mass is 9.72. The maximum atomic E-state index is 14.0. The molecular weight excluding hydrogens is 937 g/mol. The third kappa shape index (κ3) is 9.49. The van der Waals surface area contributed by atoms with E-state index >= 15 is 0 Å². The number of fused-ring (bicyclic) bond motifs is 3. The number of carboxylic acid groups (broad SMARTS) is 1. The molecule has 2 aliphatic carbocycles. The minimum Gasteiger partial charge on any atom is -0.507 e. The van der Waals surface area contributed by atoms with Crippen LogP contribution in [0.3, 0.4) is 0 Å². The number of aromatic hydroxyl groups is 2.